The van der Waals surface area contributed by atoms with E-state index in [2.05, 4.69) is 18.6 Å². The van der Waals surface area contributed by atoms with Crippen LogP contribution in [0.4, 0.5) is 26.3 Å². The van der Waals surface area contributed by atoms with Gasteiger partial charge in [-0.1, -0.05) is 64.5 Å². The first-order valence-corrected chi connectivity index (χ1v) is 9.17. The lowest BCUT2D eigenvalue weighted by molar-refractivity contribution is -0.306. The number of rotatable bonds is 1. The summed E-state index contributed by atoms with van der Waals surface area (Å²) in [4.78, 5) is 0. The van der Waals surface area contributed by atoms with Crippen LogP contribution in [0.15, 0.2) is 47.7 Å². The molecule has 0 aliphatic heterocycles. The average Bonchev–Trinajstić information content (AvgIpc) is 2.58. The van der Waals surface area contributed by atoms with E-state index in [0.717, 1.165) is 6.07 Å². The molecule has 0 atom stereocenters. The van der Waals surface area contributed by atoms with Gasteiger partial charge in [0.25, 0.3) is 0 Å². The van der Waals surface area contributed by atoms with Crippen molar-refractivity contribution in [2.24, 2.45) is 0 Å². The first-order chi connectivity index (χ1) is 12.9. The Balaban J connectivity index is 0. The molecule has 1 nitrogen and oxygen atoms in total. The first kappa shape index (κ1) is 28.3. The van der Waals surface area contributed by atoms with Gasteiger partial charge in [-0.3, -0.25) is 0 Å². The molecule has 1 aliphatic carbocycles. The Morgan fingerprint density at radius 2 is 1.43 bits per heavy atom. The lowest BCUT2D eigenvalue weighted by atomic mass is 10.1. The van der Waals surface area contributed by atoms with Gasteiger partial charge in [-0.2, -0.15) is 13.2 Å². The number of benzene rings is 1. The maximum Gasteiger partial charge on any atom is 0.572 e. The summed E-state index contributed by atoms with van der Waals surface area (Å²) < 4.78 is 75.2. The molecular weight excluding hydrogens is 382 g/mol. The number of aryl methyl sites for hydroxylation is 1. The zero-order chi connectivity index (χ0) is 22.4. The minimum Gasteiger partial charge on any atom is -0.410 e. The molecule has 0 spiro atoms. The lowest BCUT2D eigenvalue weighted by Gasteiger charge is -2.16. The van der Waals surface area contributed by atoms with Crippen LogP contribution in [-0.4, -0.2) is 6.36 Å². The molecule has 28 heavy (non-hydrogen) atoms. The fourth-order valence-corrected chi connectivity index (χ4v) is 1.93. The van der Waals surface area contributed by atoms with E-state index < -0.39 is 18.1 Å². The van der Waals surface area contributed by atoms with Crippen molar-refractivity contribution < 1.29 is 31.1 Å². The summed E-state index contributed by atoms with van der Waals surface area (Å²) in [6.07, 6.45) is -3.10. The minimum absolute atomic E-state index is 0.0324. The topological polar surface area (TPSA) is 9.23 Å². The summed E-state index contributed by atoms with van der Waals surface area (Å²) in [6.45, 7) is 11.3. The SMILES string of the molecule is CC.CC1=C(OC(F)(F)F)CCC=C1.CCC.Cc1ccccc1C(F)(F)F. The molecule has 0 N–H and O–H groups in total. The molecule has 1 aromatic carbocycles. The normalized spacial score (nSPS) is 13.3. The van der Waals surface area contributed by atoms with Crippen LogP contribution in [0.3, 0.4) is 0 Å². The van der Waals surface area contributed by atoms with Crippen LogP contribution >= 0.6 is 0 Å². The molecular formula is C21H30F6O. The Bertz CT molecular complexity index is 598. The van der Waals surface area contributed by atoms with Crippen molar-refractivity contribution in [1.29, 1.82) is 0 Å². The summed E-state index contributed by atoms with van der Waals surface area (Å²) >= 11 is 0. The summed E-state index contributed by atoms with van der Waals surface area (Å²) in [6, 6.07) is 5.50. The van der Waals surface area contributed by atoms with Crippen molar-refractivity contribution in [2.75, 3.05) is 0 Å². The Kier molecular flexibility index (Phi) is 14.3. The van der Waals surface area contributed by atoms with Crippen molar-refractivity contribution in [3.63, 3.8) is 0 Å². The highest BCUT2D eigenvalue weighted by Crippen LogP contribution is 2.31. The van der Waals surface area contributed by atoms with E-state index in [4.69, 9.17) is 0 Å². The Morgan fingerprint density at radius 3 is 1.79 bits per heavy atom. The number of ether oxygens (including phenoxy) is 1. The molecule has 0 aromatic heterocycles. The molecule has 0 saturated heterocycles. The number of alkyl halides is 6. The van der Waals surface area contributed by atoms with Gasteiger partial charge >= 0.3 is 12.5 Å². The van der Waals surface area contributed by atoms with Crippen LogP contribution < -0.4 is 0 Å². The number of hydrogen-bond donors (Lipinski definition) is 0. The fourth-order valence-electron chi connectivity index (χ4n) is 1.93. The highest BCUT2D eigenvalue weighted by molar-refractivity contribution is 5.27. The van der Waals surface area contributed by atoms with Crippen LogP contribution in [0.25, 0.3) is 0 Å². The van der Waals surface area contributed by atoms with Gasteiger partial charge in [-0.15, -0.1) is 13.2 Å². The average molecular weight is 412 g/mol. The summed E-state index contributed by atoms with van der Waals surface area (Å²) in [5.41, 5.74) is 0.263. The summed E-state index contributed by atoms with van der Waals surface area (Å²) in [7, 11) is 0. The molecule has 0 radical (unpaired) electrons. The molecule has 1 aromatic rings. The minimum atomic E-state index is -4.55. The lowest BCUT2D eigenvalue weighted by Crippen LogP contribution is -2.14. The van der Waals surface area contributed by atoms with Gasteiger partial charge in [0, 0.05) is 6.42 Å². The summed E-state index contributed by atoms with van der Waals surface area (Å²) in [5, 5.41) is 0. The molecule has 0 heterocycles. The van der Waals surface area contributed by atoms with E-state index in [-0.39, 0.29) is 11.3 Å². The second-order valence-corrected chi connectivity index (χ2v) is 5.61. The van der Waals surface area contributed by atoms with E-state index in [1.807, 2.05) is 19.9 Å². The monoisotopic (exact) mass is 412 g/mol. The van der Waals surface area contributed by atoms with Gasteiger partial charge < -0.3 is 4.74 Å². The van der Waals surface area contributed by atoms with Crippen LogP contribution in [0, 0.1) is 6.92 Å². The predicted molar refractivity (Wildman–Crippen MR) is 102 cm³/mol. The van der Waals surface area contributed by atoms with Crippen LogP contribution in [0.2, 0.25) is 0 Å². The van der Waals surface area contributed by atoms with Gasteiger partial charge in [-0.25, -0.2) is 0 Å². The number of allylic oxidation sites excluding steroid dienone is 4. The zero-order valence-corrected chi connectivity index (χ0v) is 17.3. The second kappa shape index (κ2) is 14.1. The van der Waals surface area contributed by atoms with Gasteiger partial charge in [0.05, 0.1) is 5.56 Å². The van der Waals surface area contributed by atoms with Gasteiger partial charge in [0.1, 0.15) is 5.76 Å². The molecule has 7 heteroatoms. The molecule has 0 bridgehead atoms. The van der Waals surface area contributed by atoms with Gasteiger partial charge in [0.2, 0.25) is 0 Å². The van der Waals surface area contributed by atoms with Crippen molar-refractivity contribution >= 4 is 0 Å². The first-order valence-electron chi connectivity index (χ1n) is 9.17. The van der Waals surface area contributed by atoms with Crippen molar-refractivity contribution in [3.8, 4) is 0 Å². The maximum atomic E-state index is 12.0. The molecule has 0 amide bonds. The predicted octanol–water partition coefficient (Wildman–Crippen LogP) is 8.60. The van der Waals surface area contributed by atoms with E-state index in [0.29, 0.717) is 18.4 Å². The maximum absolute atomic E-state index is 12.0. The van der Waals surface area contributed by atoms with Crippen molar-refractivity contribution in [3.05, 3.63) is 58.9 Å². The molecule has 0 fully saturated rings. The molecule has 2 rings (SSSR count). The highest BCUT2D eigenvalue weighted by atomic mass is 19.4. The van der Waals surface area contributed by atoms with E-state index in [1.165, 1.54) is 25.5 Å². The van der Waals surface area contributed by atoms with Crippen molar-refractivity contribution in [2.45, 2.75) is 73.3 Å². The third-order valence-electron chi connectivity index (χ3n) is 3.04. The van der Waals surface area contributed by atoms with Crippen molar-refractivity contribution in [1.82, 2.24) is 0 Å². The van der Waals surface area contributed by atoms with Gasteiger partial charge in [0.15, 0.2) is 0 Å². The Hall–Kier alpha value is -1.92. The third-order valence-corrected chi connectivity index (χ3v) is 3.04. The fraction of sp³-hybridized carbons (Fsp3) is 0.524. The van der Waals surface area contributed by atoms with E-state index in [9.17, 15) is 26.3 Å². The smallest absolute Gasteiger partial charge is 0.410 e. The van der Waals surface area contributed by atoms with E-state index >= 15 is 0 Å². The Labute approximate surface area is 164 Å². The molecule has 0 saturated carbocycles. The van der Waals surface area contributed by atoms with Crippen LogP contribution in [0.5, 0.6) is 0 Å². The van der Waals surface area contributed by atoms with Gasteiger partial charge in [-0.05, 0) is 37.5 Å². The largest absolute Gasteiger partial charge is 0.572 e. The van der Waals surface area contributed by atoms with Crippen LogP contribution in [-0.2, 0) is 10.9 Å². The van der Waals surface area contributed by atoms with E-state index in [1.54, 1.807) is 19.1 Å². The molecule has 162 valence electrons. The third kappa shape index (κ3) is 13.3. The quantitative estimate of drug-likeness (QED) is 0.420. The summed E-state index contributed by atoms with van der Waals surface area (Å²) in [5.74, 6) is 0.0324. The molecule has 0 unspecified atom stereocenters. The Morgan fingerprint density at radius 1 is 0.929 bits per heavy atom. The number of halogens is 6. The second-order valence-electron chi connectivity index (χ2n) is 5.61. The highest BCUT2D eigenvalue weighted by Gasteiger charge is 2.32. The zero-order valence-electron chi connectivity index (χ0n) is 17.3. The number of hydrogen-bond acceptors (Lipinski definition) is 1. The molecule has 1 aliphatic rings. The standard InChI is InChI=1S/C8H9F3O.C8H7F3.C3H8.C2H6/c1-6-4-2-3-5-7(6)12-8(9,10)11;1-6-4-2-3-5-7(6)8(9,10)11;1-3-2;1-2/h2,4H,3,5H2,1H3;2-5H,1H3;3H2,1-2H3;1-2H3. The van der Waals surface area contributed by atoms with Crippen LogP contribution in [0.1, 0.15) is 65.0 Å².